The van der Waals surface area contributed by atoms with Crippen LogP contribution in [0.4, 0.5) is 0 Å². The van der Waals surface area contributed by atoms with E-state index >= 15 is 0 Å². The minimum absolute atomic E-state index is 0.0255. The summed E-state index contributed by atoms with van der Waals surface area (Å²) < 4.78 is 0. The van der Waals surface area contributed by atoms with Crippen LogP contribution in [0.3, 0.4) is 0 Å². The van der Waals surface area contributed by atoms with Gasteiger partial charge in [-0.25, -0.2) is 0 Å². The molecule has 0 saturated heterocycles. The zero-order chi connectivity index (χ0) is 13.4. The van der Waals surface area contributed by atoms with Gasteiger partial charge < -0.3 is 5.32 Å². The van der Waals surface area contributed by atoms with Gasteiger partial charge in [0.15, 0.2) is 0 Å². The van der Waals surface area contributed by atoms with Crippen molar-refractivity contribution in [3.63, 3.8) is 0 Å². The van der Waals surface area contributed by atoms with Crippen LogP contribution in [0.25, 0.3) is 0 Å². The molecule has 0 aromatic heterocycles. The lowest BCUT2D eigenvalue weighted by Crippen LogP contribution is -2.20. The smallest absolute Gasteiger partial charge is 0.248 e. The number of hydrogen-bond donors (Lipinski definition) is 1. The molecule has 0 aliphatic heterocycles. The van der Waals surface area contributed by atoms with Crippen molar-refractivity contribution >= 4 is 5.91 Å². The lowest BCUT2D eigenvalue weighted by atomic mass is 10.1. The van der Waals surface area contributed by atoms with Gasteiger partial charge in [0.2, 0.25) is 5.91 Å². The van der Waals surface area contributed by atoms with Crippen molar-refractivity contribution in [2.24, 2.45) is 0 Å². The van der Waals surface area contributed by atoms with Crippen molar-refractivity contribution in [1.82, 2.24) is 5.32 Å². The second-order valence-corrected chi connectivity index (χ2v) is 4.94. The number of rotatable bonds is 5. The summed E-state index contributed by atoms with van der Waals surface area (Å²) in [7, 11) is 0. The molecule has 1 N–H and O–H groups in total. The molecule has 0 heterocycles. The Kier molecular flexibility index (Phi) is 6.20. The maximum atomic E-state index is 11.7. The Labute approximate surface area is 110 Å². The van der Waals surface area contributed by atoms with Gasteiger partial charge in [0.25, 0.3) is 0 Å². The van der Waals surface area contributed by atoms with Gasteiger partial charge in [-0.05, 0) is 52.5 Å². The van der Waals surface area contributed by atoms with Crippen LogP contribution in [0.1, 0.15) is 46.5 Å². The van der Waals surface area contributed by atoms with Crippen LogP contribution in [0.15, 0.2) is 47.2 Å². The van der Waals surface area contributed by atoms with Crippen LogP contribution in [-0.2, 0) is 4.79 Å². The van der Waals surface area contributed by atoms with Crippen LogP contribution in [0.2, 0.25) is 0 Å². The van der Waals surface area contributed by atoms with E-state index in [1.807, 2.05) is 13.0 Å². The fraction of sp³-hybridized carbons (Fsp3) is 0.438. The third-order valence-corrected chi connectivity index (χ3v) is 2.73. The van der Waals surface area contributed by atoms with Crippen molar-refractivity contribution in [1.29, 1.82) is 0 Å². The molecule has 0 aromatic carbocycles. The molecule has 1 aliphatic carbocycles. The Morgan fingerprint density at radius 3 is 2.72 bits per heavy atom. The zero-order valence-electron chi connectivity index (χ0n) is 11.6. The third kappa shape index (κ3) is 6.24. The van der Waals surface area contributed by atoms with Crippen LogP contribution in [-0.4, -0.2) is 5.91 Å². The Morgan fingerprint density at radius 1 is 1.33 bits per heavy atom. The van der Waals surface area contributed by atoms with Crippen LogP contribution in [0, 0.1) is 0 Å². The number of allylic oxidation sites excluding steroid dienone is 6. The molecular formula is C16H23NO. The maximum absolute atomic E-state index is 11.7. The van der Waals surface area contributed by atoms with Crippen LogP contribution < -0.4 is 5.32 Å². The molecule has 0 saturated carbocycles. The van der Waals surface area contributed by atoms with E-state index in [9.17, 15) is 4.79 Å². The Bertz CT molecular complexity index is 407. The molecule has 0 radical (unpaired) electrons. The van der Waals surface area contributed by atoms with E-state index in [4.69, 9.17) is 0 Å². The van der Waals surface area contributed by atoms with E-state index in [2.05, 4.69) is 37.4 Å². The molecule has 1 rings (SSSR count). The van der Waals surface area contributed by atoms with Gasteiger partial charge in [-0.2, -0.15) is 0 Å². The zero-order valence-corrected chi connectivity index (χ0v) is 11.6. The summed E-state index contributed by atoms with van der Waals surface area (Å²) in [5.74, 6) is -0.0255. The van der Waals surface area contributed by atoms with Gasteiger partial charge >= 0.3 is 0 Å². The SMILES string of the molecule is CC(C)=CCC/C(C)=C/C(=O)NC1=CCCC=C1. The predicted molar refractivity (Wildman–Crippen MR) is 77.0 cm³/mol. The molecule has 98 valence electrons. The highest BCUT2D eigenvalue weighted by Gasteiger charge is 2.01. The topological polar surface area (TPSA) is 29.1 Å². The van der Waals surface area contributed by atoms with Gasteiger partial charge in [0, 0.05) is 11.8 Å². The minimum Gasteiger partial charge on any atom is -0.323 e. The highest BCUT2D eigenvalue weighted by Crippen LogP contribution is 2.08. The van der Waals surface area contributed by atoms with E-state index in [0.717, 1.165) is 37.0 Å². The monoisotopic (exact) mass is 245 g/mol. The summed E-state index contributed by atoms with van der Waals surface area (Å²) in [4.78, 5) is 11.7. The van der Waals surface area contributed by atoms with E-state index in [1.54, 1.807) is 6.08 Å². The molecule has 0 spiro atoms. The first-order valence-electron chi connectivity index (χ1n) is 6.56. The Balaban J connectivity index is 2.40. The van der Waals surface area contributed by atoms with Gasteiger partial charge in [-0.15, -0.1) is 0 Å². The molecule has 0 unspecified atom stereocenters. The average molecular weight is 245 g/mol. The summed E-state index contributed by atoms with van der Waals surface area (Å²) in [5, 5.41) is 2.89. The summed E-state index contributed by atoms with van der Waals surface area (Å²) in [6.45, 7) is 6.19. The predicted octanol–water partition coefficient (Wildman–Crippen LogP) is 4.03. The van der Waals surface area contributed by atoms with Gasteiger partial charge in [0.05, 0.1) is 0 Å². The number of carbonyl (C=O) groups is 1. The van der Waals surface area contributed by atoms with Crippen LogP contribution >= 0.6 is 0 Å². The van der Waals surface area contributed by atoms with Crippen molar-refractivity contribution in [3.05, 3.63) is 47.2 Å². The quantitative estimate of drug-likeness (QED) is 0.575. The number of amides is 1. The molecule has 2 heteroatoms. The first-order valence-corrected chi connectivity index (χ1v) is 6.56. The van der Waals surface area contributed by atoms with Crippen molar-refractivity contribution in [2.45, 2.75) is 46.5 Å². The van der Waals surface area contributed by atoms with Gasteiger partial charge in [-0.1, -0.05) is 29.4 Å². The fourth-order valence-corrected chi connectivity index (χ4v) is 1.77. The highest BCUT2D eigenvalue weighted by molar-refractivity contribution is 5.89. The van der Waals surface area contributed by atoms with Crippen molar-refractivity contribution < 1.29 is 4.79 Å². The Hall–Kier alpha value is -1.57. The highest BCUT2D eigenvalue weighted by atomic mass is 16.1. The minimum atomic E-state index is -0.0255. The lowest BCUT2D eigenvalue weighted by Gasteiger charge is -2.07. The second kappa shape index (κ2) is 7.70. The second-order valence-electron chi connectivity index (χ2n) is 4.94. The summed E-state index contributed by atoms with van der Waals surface area (Å²) >= 11 is 0. The molecule has 18 heavy (non-hydrogen) atoms. The first-order chi connectivity index (χ1) is 8.58. The normalized spacial score (nSPS) is 15.1. The van der Waals surface area contributed by atoms with E-state index in [0.29, 0.717) is 0 Å². The molecule has 2 nitrogen and oxygen atoms in total. The van der Waals surface area contributed by atoms with Gasteiger partial charge in [-0.3, -0.25) is 4.79 Å². The largest absolute Gasteiger partial charge is 0.323 e. The molecule has 0 aromatic rings. The van der Waals surface area contributed by atoms with Gasteiger partial charge in [0.1, 0.15) is 0 Å². The summed E-state index contributed by atoms with van der Waals surface area (Å²) in [5.41, 5.74) is 3.36. The van der Waals surface area contributed by atoms with Crippen molar-refractivity contribution in [3.8, 4) is 0 Å². The molecule has 0 atom stereocenters. The van der Waals surface area contributed by atoms with E-state index in [1.165, 1.54) is 5.57 Å². The fourth-order valence-electron chi connectivity index (χ4n) is 1.77. The maximum Gasteiger partial charge on any atom is 0.248 e. The number of carbonyl (C=O) groups excluding carboxylic acids is 1. The summed E-state index contributed by atoms with van der Waals surface area (Å²) in [6, 6.07) is 0. The first kappa shape index (κ1) is 14.5. The standard InChI is InChI=1S/C16H23NO/c1-13(2)8-7-9-14(3)12-16(18)17-15-10-5-4-6-11-15/h5,8,10-12H,4,6-7,9H2,1-3H3,(H,17,18)/b14-12+. The molecular weight excluding hydrogens is 222 g/mol. The van der Waals surface area contributed by atoms with Crippen LogP contribution in [0.5, 0.6) is 0 Å². The molecule has 0 fully saturated rings. The Morgan fingerprint density at radius 2 is 2.11 bits per heavy atom. The van der Waals surface area contributed by atoms with E-state index < -0.39 is 0 Å². The average Bonchev–Trinajstić information content (AvgIpc) is 2.29. The third-order valence-electron chi connectivity index (χ3n) is 2.73. The molecule has 1 amide bonds. The van der Waals surface area contributed by atoms with E-state index in [-0.39, 0.29) is 5.91 Å². The number of nitrogens with one attached hydrogen (secondary N) is 1. The lowest BCUT2D eigenvalue weighted by molar-refractivity contribution is -0.115. The summed E-state index contributed by atoms with van der Waals surface area (Å²) in [6.07, 6.45) is 14.0. The van der Waals surface area contributed by atoms with Crippen molar-refractivity contribution in [2.75, 3.05) is 0 Å². The number of hydrogen-bond acceptors (Lipinski definition) is 1. The molecule has 0 bridgehead atoms. The molecule has 1 aliphatic rings.